The van der Waals surface area contributed by atoms with Crippen LogP contribution < -0.4 is 103 Å². The zero-order chi connectivity index (χ0) is 7.33. The van der Waals surface area contributed by atoms with Crippen LogP contribution in [0.4, 0.5) is 0 Å². The first-order valence-corrected chi connectivity index (χ1v) is 6.07. The van der Waals surface area contributed by atoms with Gasteiger partial charge in [0, 0.05) is 0 Å². The second-order valence-corrected chi connectivity index (χ2v) is 6.20. The maximum atomic E-state index is 8.14. The normalized spacial score (nSPS) is 7.00. The van der Waals surface area contributed by atoms with Crippen molar-refractivity contribution >= 4 is 0 Å². The summed E-state index contributed by atoms with van der Waals surface area (Å²) in [6, 6.07) is 0. The quantitative estimate of drug-likeness (QED) is 0.378. The molecule has 0 atom stereocenters. The minimum atomic E-state index is -3.88. The number of nitrogens with zero attached hydrogens (tertiary/aromatic N) is 4. The van der Waals surface area contributed by atoms with Crippen LogP contribution in [0.5, 0.6) is 0 Å². The molecule has 0 saturated heterocycles. The van der Waals surface area contributed by atoms with Crippen LogP contribution in [-0.4, -0.2) is 5.48 Å². The van der Waals surface area contributed by atoms with Crippen molar-refractivity contribution in [1.29, 1.82) is 21.0 Å². The van der Waals surface area contributed by atoms with E-state index in [1.165, 1.54) is 17.8 Å². The second kappa shape index (κ2) is 12.9. The number of hydrogen-bond acceptors (Lipinski definition) is 4. The average molecular weight is 395 g/mol. The monoisotopic (exact) mass is 395 g/mol. The maximum absolute atomic E-state index is 8.14. The van der Waals surface area contributed by atoms with E-state index in [0.717, 1.165) is 0 Å². The molecular weight excluding hydrogens is 393 g/mol. The Hall–Kier alpha value is 1.88. The molecule has 0 aromatic rings. The van der Waals surface area contributed by atoms with Crippen molar-refractivity contribution in [3.63, 3.8) is 0 Å². The molecule has 12 heavy (non-hydrogen) atoms. The Morgan fingerprint density at radius 3 is 0.833 bits per heavy atom. The van der Waals surface area contributed by atoms with E-state index in [2.05, 4.69) is 0 Å². The van der Waals surface area contributed by atoms with Crippen molar-refractivity contribution < 1.29 is 124 Å². The summed E-state index contributed by atoms with van der Waals surface area (Å²) >= 11 is -3.88. The van der Waals surface area contributed by atoms with Crippen LogP contribution in [0.3, 0.4) is 0 Å². The van der Waals surface area contributed by atoms with E-state index in [4.69, 9.17) is 21.0 Å². The summed E-state index contributed by atoms with van der Waals surface area (Å²) in [5, 5.41) is 32.6. The molecule has 2 N–H and O–H groups in total. The van der Waals surface area contributed by atoms with Crippen molar-refractivity contribution in [3.8, 4) is 17.8 Å². The van der Waals surface area contributed by atoms with Crippen molar-refractivity contribution in [2.75, 3.05) is 0 Å². The first kappa shape index (κ1) is 23.6. The van der Waals surface area contributed by atoms with Gasteiger partial charge in [0.1, 0.15) is 0 Å². The molecule has 0 aliphatic heterocycles. The second-order valence-electron chi connectivity index (χ2n) is 0.757. The fraction of sp³-hybridized carbons (Fsp3) is 0. The van der Waals surface area contributed by atoms with Gasteiger partial charge in [-0.15, -0.1) is 0 Å². The molecule has 0 unspecified atom stereocenters. The molecule has 0 aromatic carbocycles. The van der Waals surface area contributed by atoms with Crippen molar-refractivity contribution in [1.82, 2.24) is 0 Å². The molecule has 0 fully saturated rings. The van der Waals surface area contributed by atoms with Crippen LogP contribution >= 0.6 is 0 Å². The standard InChI is InChI=1S/4CN.2K.H2O.Pt/c4*1-2;;;;/h;;;;;;1H2;/q;;;;2*+1;;-2. The summed E-state index contributed by atoms with van der Waals surface area (Å²) in [7, 11) is 0. The Morgan fingerprint density at radius 2 is 0.833 bits per heavy atom. The van der Waals surface area contributed by atoms with Crippen LogP contribution in [0.2, 0.25) is 0 Å². The predicted octanol–water partition coefficient (Wildman–Crippen LogP) is -6.75. The van der Waals surface area contributed by atoms with Gasteiger partial charge in [-0.05, 0) is 0 Å². The van der Waals surface area contributed by atoms with Crippen LogP contribution in [0.1, 0.15) is 0 Å². The number of rotatable bonds is 0. The molecule has 56 valence electrons. The van der Waals surface area contributed by atoms with Gasteiger partial charge in [-0.1, -0.05) is 0 Å². The predicted molar refractivity (Wildman–Crippen MR) is 26.1 cm³/mol. The molecule has 0 rings (SSSR count). The Morgan fingerprint density at radius 1 is 0.667 bits per heavy atom. The van der Waals surface area contributed by atoms with E-state index in [0.29, 0.717) is 0 Å². The molecule has 8 heteroatoms. The maximum Gasteiger partial charge on any atom is 1.00 e. The smallest absolute Gasteiger partial charge is 0.412 e. The fourth-order valence-corrected chi connectivity index (χ4v) is 0.777. The van der Waals surface area contributed by atoms with Gasteiger partial charge < -0.3 is 5.48 Å². The minimum absolute atomic E-state index is 0. The fourth-order valence-electron chi connectivity index (χ4n) is 0.0949. The molecular formula is C4H2K2N4OPt. The summed E-state index contributed by atoms with van der Waals surface area (Å²) in [5.41, 5.74) is 0. The van der Waals surface area contributed by atoms with E-state index in [-0.39, 0.29) is 108 Å². The van der Waals surface area contributed by atoms with Gasteiger partial charge in [0.05, 0.1) is 0 Å². The third-order valence-corrected chi connectivity index (χ3v) is 3.47. The van der Waals surface area contributed by atoms with E-state index in [9.17, 15) is 0 Å². The average Bonchev–Trinajstić information content (AvgIpc) is 1.95. The summed E-state index contributed by atoms with van der Waals surface area (Å²) < 4.78 is 5.85. The van der Waals surface area contributed by atoms with Gasteiger partial charge in [0.25, 0.3) is 0 Å². The van der Waals surface area contributed by atoms with Crippen molar-refractivity contribution in [3.05, 3.63) is 0 Å². The van der Waals surface area contributed by atoms with Crippen LogP contribution in [0.15, 0.2) is 0 Å². The zero-order valence-electron chi connectivity index (χ0n) is 6.61. The number of nitriles is 4. The van der Waals surface area contributed by atoms with Crippen LogP contribution in [0, 0.1) is 38.9 Å². The molecule has 0 radical (unpaired) electrons. The van der Waals surface area contributed by atoms with E-state index >= 15 is 0 Å². The van der Waals surface area contributed by atoms with Gasteiger partial charge in [-0.3, -0.25) is 0 Å². The molecule has 0 aliphatic carbocycles. The first-order chi connectivity index (χ1) is 4.24. The molecule has 0 amide bonds. The Bertz CT molecular complexity index is 218. The Kier molecular flexibility index (Phi) is 25.3. The van der Waals surface area contributed by atoms with E-state index < -0.39 is 16.1 Å². The SMILES string of the molecule is N#[C][Pt-2]([C]#N)([C]#N)[C]#N.O.[K+].[K+]. The number of hydrogen-bond donors (Lipinski definition) is 0. The summed E-state index contributed by atoms with van der Waals surface area (Å²) in [5.74, 6) is 0. The molecule has 0 aromatic heterocycles. The van der Waals surface area contributed by atoms with E-state index in [1.54, 1.807) is 0 Å². The largest absolute Gasteiger partial charge is 1.00 e. The third kappa shape index (κ3) is 7.30. The van der Waals surface area contributed by atoms with Gasteiger partial charge in [0.2, 0.25) is 0 Å². The summed E-state index contributed by atoms with van der Waals surface area (Å²) in [4.78, 5) is 0. The molecule has 0 heterocycles. The van der Waals surface area contributed by atoms with Crippen molar-refractivity contribution in [2.24, 2.45) is 0 Å². The van der Waals surface area contributed by atoms with Gasteiger partial charge in [-0.2, -0.15) is 0 Å². The van der Waals surface area contributed by atoms with Gasteiger partial charge in [-0.25, -0.2) is 0 Å². The van der Waals surface area contributed by atoms with E-state index in [1.807, 2.05) is 0 Å². The molecule has 0 spiro atoms. The van der Waals surface area contributed by atoms with Gasteiger partial charge >= 0.3 is 158 Å². The van der Waals surface area contributed by atoms with Crippen molar-refractivity contribution in [2.45, 2.75) is 0 Å². The zero-order valence-corrected chi connectivity index (χ0v) is 15.1. The van der Waals surface area contributed by atoms with Crippen LogP contribution in [-0.2, 0) is 16.1 Å². The van der Waals surface area contributed by atoms with Crippen LogP contribution in [0.25, 0.3) is 0 Å². The Labute approximate surface area is 159 Å². The molecule has 0 saturated carbocycles. The summed E-state index contributed by atoms with van der Waals surface area (Å²) in [6.45, 7) is 0. The topological polar surface area (TPSA) is 127 Å². The van der Waals surface area contributed by atoms with Gasteiger partial charge in [0.15, 0.2) is 0 Å². The molecule has 0 bridgehead atoms. The third-order valence-electron chi connectivity index (χ3n) is 0.424. The molecule has 5 nitrogen and oxygen atoms in total. The minimum Gasteiger partial charge on any atom is -0.412 e. The first-order valence-electron chi connectivity index (χ1n) is 1.53. The molecule has 0 aliphatic rings. The Balaban J connectivity index is -0.000000107. The summed E-state index contributed by atoms with van der Waals surface area (Å²) in [6.07, 6.45) is 0.